The normalized spacial score (nSPS) is 17.5. The number of hydrogen-bond donors (Lipinski definition) is 4. The highest BCUT2D eigenvalue weighted by Gasteiger charge is 2.32. The van der Waals surface area contributed by atoms with Gasteiger partial charge < -0.3 is 20.8 Å². The van der Waals surface area contributed by atoms with E-state index in [2.05, 4.69) is 10.6 Å². The topological polar surface area (TPSA) is 116 Å². The third-order valence-electron chi connectivity index (χ3n) is 5.84. The maximum Gasteiger partial charge on any atom is 0.334 e. The summed E-state index contributed by atoms with van der Waals surface area (Å²) < 4.78 is 0. The summed E-state index contributed by atoms with van der Waals surface area (Å²) in [6.07, 6.45) is 4.61. The van der Waals surface area contributed by atoms with Crippen LogP contribution in [0.5, 0.6) is 0 Å². The second-order valence-corrected chi connectivity index (χ2v) is 9.05. The number of aliphatic hydroxyl groups excluding tert-OH is 1. The Morgan fingerprint density at radius 2 is 1.68 bits per heavy atom. The van der Waals surface area contributed by atoms with Crippen LogP contribution in [0.15, 0.2) is 30.3 Å². The van der Waals surface area contributed by atoms with Crippen LogP contribution in [0.3, 0.4) is 0 Å². The summed E-state index contributed by atoms with van der Waals surface area (Å²) in [6, 6.07) is 7.60. The van der Waals surface area contributed by atoms with Gasteiger partial charge >= 0.3 is 5.97 Å². The molecule has 1 aliphatic rings. The van der Waals surface area contributed by atoms with Crippen molar-refractivity contribution in [2.75, 3.05) is 0 Å². The maximum absolute atomic E-state index is 13.0. The lowest BCUT2D eigenvalue weighted by molar-refractivity contribution is -0.149. The molecule has 0 aromatic heterocycles. The Balaban J connectivity index is 2.05. The molecular weight excluding hydrogens is 396 g/mol. The van der Waals surface area contributed by atoms with Gasteiger partial charge in [-0.15, -0.1) is 0 Å². The Bertz CT molecular complexity index is 716. The van der Waals surface area contributed by atoms with E-state index in [0.717, 1.165) is 31.2 Å². The third-order valence-corrected chi connectivity index (χ3v) is 5.84. The van der Waals surface area contributed by atoms with Crippen LogP contribution in [-0.2, 0) is 20.8 Å². The van der Waals surface area contributed by atoms with Crippen LogP contribution >= 0.6 is 0 Å². The average molecular weight is 433 g/mol. The molecule has 0 radical (unpaired) electrons. The highest BCUT2D eigenvalue weighted by molar-refractivity contribution is 5.89. The molecule has 1 aromatic carbocycles. The molecule has 0 saturated heterocycles. The lowest BCUT2D eigenvalue weighted by Crippen LogP contribution is -2.55. The Hall–Kier alpha value is -2.41. The van der Waals surface area contributed by atoms with Crippen molar-refractivity contribution in [2.24, 2.45) is 11.8 Å². The molecule has 172 valence electrons. The molecule has 2 rings (SSSR count). The summed E-state index contributed by atoms with van der Waals surface area (Å²) in [4.78, 5) is 37.0. The Morgan fingerprint density at radius 1 is 1.03 bits per heavy atom. The largest absolute Gasteiger partial charge is 0.479 e. The monoisotopic (exact) mass is 432 g/mol. The molecule has 7 heteroatoms. The van der Waals surface area contributed by atoms with Crippen LogP contribution in [0.25, 0.3) is 0 Å². The molecule has 2 amide bonds. The molecule has 0 bridgehead atoms. The van der Waals surface area contributed by atoms with E-state index in [1.165, 1.54) is 6.42 Å². The summed E-state index contributed by atoms with van der Waals surface area (Å²) >= 11 is 0. The minimum Gasteiger partial charge on any atom is -0.479 e. The molecule has 0 aliphatic heterocycles. The first kappa shape index (κ1) is 24.9. The number of carbonyl (C=O) groups is 3. The third kappa shape index (κ3) is 8.69. The van der Waals surface area contributed by atoms with Crippen LogP contribution in [0.4, 0.5) is 0 Å². The van der Waals surface area contributed by atoms with E-state index in [-0.39, 0.29) is 24.2 Å². The fourth-order valence-corrected chi connectivity index (χ4v) is 4.23. The van der Waals surface area contributed by atoms with E-state index in [1.807, 2.05) is 44.2 Å². The van der Waals surface area contributed by atoms with Crippen molar-refractivity contribution in [3.63, 3.8) is 0 Å². The van der Waals surface area contributed by atoms with Gasteiger partial charge in [-0.2, -0.15) is 0 Å². The number of benzene rings is 1. The van der Waals surface area contributed by atoms with Gasteiger partial charge in [-0.3, -0.25) is 9.59 Å². The summed E-state index contributed by atoms with van der Waals surface area (Å²) in [7, 11) is 0. The summed E-state index contributed by atoms with van der Waals surface area (Å²) in [5.41, 5.74) is 0.847. The van der Waals surface area contributed by atoms with Crippen LogP contribution in [0.2, 0.25) is 0 Å². The van der Waals surface area contributed by atoms with Gasteiger partial charge in [-0.1, -0.05) is 76.3 Å². The fourth-order valence-electron chi connectivity index (χ4n) is 4.23. The first-order valence-electron chi connectivity index (χ1n) is 11.3. The molecule has 31 heavy (non-hydrogen) atoms. The molecule has 3 atom stereocenters. The highest BCUT2D eigenvalue weighted by Crippen LogP contribution is 2.28. The van der Waals surface area contributed by atoms with Gasteiger partial charge in [0.25, 0.3) is 0 Å². The van der Waals surface area contributed by atoms with E-state index in [4.69, 9.17) is 0 Å². The predicted molar refractivity (Wildman–Crippen MR) is 118 cm³/mol. The molecule has 1 aromatic rings. The summed E-state index contributed by atoms with van der Waals surface area (Å²) in [6.45, 7) is 3.91. The van der Waals surface area contributed by atoms with Gasteiger partial charge in [0, 0.05) is 0 Å². The van der Waals surface area contributed by atoms with Gasteiger partial charge in [-0.05, 0) is 30.2 Å². The zero-order valence-corrected chi connectivity index (χ0v) is 18.5. The number of rotatable bonds is 11. The first-order valence-corrected chi connectivity index (χ1v) is 11.3. The smallest absolute Gasteiger partial charge is 0.334 e. The van der Waals surface area contributed by atoms with Gasteiger partial charge in [0.1, 0.15) is 6.04 Å². The van der Waals surface area contributed by atoms with Gasteiger partial charge in [0.2, 0.25) is 11.8 Å². The minimum absolute atomic E-state index is 0.147. The molecule has 1 saturated carbocycles. The number of carboxylic acids is 1. The van der Waals surface area contributed by atoms with E-state index < -0.39 is 30.1 Å². The van der Waals surface area contributed by atoms with Crippen molar-refractivity contribution in [2.45, 2.75) is 83.4 Å². The number of carbonyl (C=O) groups excluding carboxylic acids is 2. The standard InChI is InChI=1S/C24H36N2O5/c1-16(2)13-20(25-21(27)15-18-11-7-4-8-12-18)23(29)26-19(22(28)24(30)31)14-17-9-5-3-6-10-17/h4,7-8,11-12,16-17,19-20,22,28H,3,5-6,9-10,13-15H2,1-2H3,(H,25,27)(H,26,29)(H,30,31)/t19-,20-,22+/m0/s1. The Labute approximate surface area is 184 Å². The lowest BCUT2D eigenvalue weighted by atomic mass is 9.83. The van der Waals surface area contributed by atoms with Crippen LogP contribution < -0.4 is 10.6 Å². The first-order chi connectivity index (χ1) is 14.8. The van der Waals surface area contributed by atoms with Crippen LogP contribution in [0.1, 0.15) is 64.4 Å². The second-order valence-electron chi connectivity index (χ2n) is 9.05. The molecular formula is C24H36N2O5. The zero-order valence-electron chi connectivity index (χ0n) is 18.5. The Kier molecular flexibility index (Phi) is 9.98. The quantitative estimate of drug-likeness (QED) is 0.429. The van der Waals surface area contributed by atoms with E-state index in [9.17, 15) is 24.6 Å². The lowest BCUT2D eigenvalue weighted by Gasteiger charge is -2.30. The number of amides is 2. The fraction of sp³-hybridized carbons (Fsp3) is 0.625. The van der Waals surface area contributed by atoms with E-state index >= 15 is 0 Å². The number of carboxylic acid groups (broad SMARTS) is 1. The van der Waals surface area contributed by atoms with Gasteiger partial charge in [-0.25, -0.2) is 4.79 Å². The molecule has 0 unspecified atom stereocenters. The van der Waals surface area contributed by atoms with Crippen LogP contribution in [0, 0.1) is 11.8 Å². The average Bonchev–Trinajstić information content (AvgIpc) is 2.73. The molecule has 4 N–H and O–H groups in total. The second kappa shape index (κ2) is 12.4. The van der Waals surface area contributed by atoms with Crippen molar-refractivity contribution >= 4 is 17.8 Å². The summed E-state index contributed by atoms with van der Waals surface area (Å²) in [5, 5.41) is 25.1. The summed E-state index contributed by atoms with van der Waals surface area (Å²) in [5.74, 6) is -1.64. The minimum atomic E-state index is -1.68. The van der Waals surface area contributed by atoms with Crippen molar-refractivity contribution in [3.8, 4) is 0 Å². The highest BCUT2D eigenvalue weighted by atomic mass is 16.4. The van der Waals surface area contributed by atoms with E-state index in [0.29, 0.717) is 12.8 Å². The van der Waals surface area contributed by atoms with Crippen molar-refractivity contribution in [3.05, 3.63) is 35.9 Å². The maximum atomic E-state index is 13.0. The van der Waals surface area contributed by atoms with Gasteiger partial charge in [0.05, 0.1) is 12.5 Å². The number of aliphatic carboxylic acids is 1. The molecule has 7 nitrogen and oxygen atoms in total. The van der Waals surface area contributed by atoms with Crippen molar-refractivity contribution < 1.29 is 24.6 Å². The predicted octanol–water partition coefficient (Wildman–Crippen LogP) is 2.66. The molecule has 1 fully saturated rings. The van der Waals surface area contributed by atoms with Crippen molar-refractivity contribution in [1.29, 1.82) is 0 Å². The number of hydrogen-bond acceptors (Lipinski definition) is 4. The zero-order chi connectivity index (χ0) is 22.8. The molecule has 0 spiro atoms. The van der Waals surface area contributed by atoms with Crippen LogP contribution in [-0.4, -0.2) is 46.2 Å². The molecule has 1 aliphatic carbocycles. The SMILES string of the molecule is CC(C)C[C@H](NC(=O)Cc1ccccc1)C(=O)N[C@@H](CC1CCCCC1)[C@@H](O)C(=O)O. The number of aliphatic hydroxyl groups is 1. The van der Waals surface area contributed by atoms with E-state index in [1.54, 1.807) is 0 Å². The Morgan fingerprint density at radius 3 is 2.26 bits per heavy atom. The van der Waals surface area contributed by atoms with Gasteiger partial charge in [0.15, 0.2) is 6.10 Å². The molecule has 0 heterocycles. The van der Waals surface area contributed by atoms with Crippen molar-refractivity contribution in [1.82, 2.24) is 10.6 Å². The number of nitrogens with one attached hydrogen (secondary N) is 2.